The number of aromatic nitrogens is 5. The molecule has 0 spiro atoms. The summed E-state index contributed by atoms with van der Waals surface area (Å²) in [5.41, 5.74) is 2.58. The molecule has 0 atom stereocenters. The highest BCUT2D eigenvalue weighted by Gasteiger charge is 2.16. The molecule has 0 aliphatic heterocycles. The van der Waals surface area contributed by atoms with Crippen molar-refractivity contribution in [2.24, 2.45) is 0 Å². The van der Waals surface area contributed by atoms with Crippen molar-refractivity contribution >= 4 is 35.1 Å². The lowest BCUT2D eigenvalue weighted by molar-refractivity contribution is -0.113. The Kier molecular flexibility index (Phi) is 6.72. The Bertz CT molecular complexity index is 1230. The number of halogens is 1. The van der Waals surface area contributed by atoms with Crippen LogP contribution in [0.15, 0.2) is 78.5 Å². The topological polar surface area (TPSA) is 77.6 Å². The number of para-hydroxylation sites is 1. The van der Waals surface area contributed by atoms with Gasteiger partial charge in [-0.15, -0.1) is 16.8 Å². The van der Waals surface area contributed by atoms with E-state index in [0.29, 0.717) is 28.4 Å². The second kappa shape index (κ2) is 9.84. The van der Waals surface area contributed by atoms with E-state index in [4.69, 9.17) is 11.6 Å². The zero-order valence-electron chi connectivity index (χ0n) is 17.4. The molecule has 2 aromatic heterocycles. The van der Waals surface area contributed by atoms with Crippen LogP contribution >= 0.6 is 23.4 Å². The summed E-state index contributed by atoms with van der Waals surface area (Å²) in [5, 5.41) is 17.3. The third-order valence-electron chi connectivity index (χ3n) is 4.56. The maximum atomic E-state index is 12.7. The molecular weight excluding hydrogens is 444 g/mol. The molecule has 1 amide bonds. The van der Waals surface area contributed by atoms with Crippen LogP contribution < -0.4 is 5.32 Å². The monoisotopic (exact) mass is 464 g/mol. The number of benzene rings is 2. The zero-order valence-corrected chi connectivity index (χ0v) is 19.0. The minimum absolute atomic E-state index is 0.159. The standard InChI is InChI=1S/C23H21ClN6OS/c1-3-13-29-22(17-9-11-18(24)12-10-17)26-27-23(29)32-15-21(31)25-20-14-16(2)28-30(20)19-7-5-4-6-8-19/h3-12,14H,1,13,15H2,2H3,(H,25,31). The van der Waals surface area contributed by atoms with E-state index in [2.05, 4.69) is 27.2 Å². The van der Waals surface area contributed by atoms with Gasteiger partial charge in [0.15, 0.2) is 11.0 Å². The number of thioether (sulfide) groups is 1. The Labute approximate surface area is 195 Å². The zero-order chi connectivity index (χ0) is 22.5. The summed E-state index contributed by atoms with van der Waals surface area (Å²) in [6, 6.07) is 18.9. The van der Waals surface area contributed by atoms with E-state index in [0.717, 1.165) is 16.9 Å². The van der Waals surface area contributed by atoms with E-state index in [1.54, 1.807) is 10.8 Å². The van der Waals surface area contributed by atoms with Crippen molar-refractivity contribution in [1.29, 1.82) is 0 Å². The number of hydrogen-bond acceptors (Lipinski definition) is 5. The minimum atomic E-state index is -0.159. The average molecular weight is 465 g/mol. The third kappa shape index (κ3) is 4.92. The number of allylic oxidation sites excluding steroid dienone is 1. The number of nitrogens with zero attached hydrogens (tertiary/aromatic N) is 5. The van der Waals surface area contributed by atoms with Gasteiger partial charge in [-0.05, 0) is 43.3 Å². The van der Waals surface area contributed by atoms with E-state index in [9.17, 15) is 4.79 Å². The van der Waals surface area contributed by atoms with Gasteiger partial charge in [0.05, 0.1) is 17.1 Å². The highest BCUT2D eigenvalue weighted by atomic mass is 35.5. The van der Waals surface area contributed by atoms with Gasteiger partial charge in [0.1, 0.15) is 5.82 Å². The van der Waals surface area contributed by atoms with Crippen LogP contribution in [0.2, 0.25) is 5.02 Å². The predicted octanol–water partition coefficient (Wildman–Crippen LogP) is 5.01. The van der Waals surface area contributed by atoms with Crippen LogP contribution in [0.25, 0.3) is 17.1 Å². The molecule has 32 heavy (non-hydrogen) atoms. The van der Waals surface area contributed by atoms with Crippen molar-refractivity contribution in [1.82, 2.24) is 24.5 Å². The van der Waals surface area contributed by atoms with Crippen molar-refractivity contribution in [2.45, 2.75) is 18.6 Å². The maximum absolute atomic E-state index is 12.7. The molecule has 0 unspecified atom stereocenters. The van der Waals surface area contributed by atoms with Gasteiger partial charge in [-0.25, -0.2) is 4.68 Å². The number of hydrogen-bond donors (Lipinski definition) is 1. The molecule has 0 radical (unpaired) electrons. The first-order valence-corrected chi connectivity index (χ1v) is 11.3. The van der Waals surface area contributed by atoms with Gasteiger partial charge in [0.2, 0.25) is 5.91 Å². The summed E-state index contributed by atoms with van der Waals surface area (Å²) in [5.74, 6) is 1.33. The predicted molar refractivity (Wildman–Crippen MR) is 128 cm³/mol. The van der Waals surface area contributed by atoms with Gasteiger partial charge in [0.25, 0.3) is 0 Å². The Hall–Kier alpha value is -3.36. The molecule has 0 aliphatic carbocycles. The lowest BCUT2D eigenvalue weighted by Crippen LogP contribution is -2.17. The summed E-state index contributed by atoms with van der Waals surface area (Å²) in [6.45, 7) is 6.23. The average Bonchev–Trinajstić information content (AvgIpc) is 3.36. The lowest BCUT2D eigenvalue weighted by Gasteiger charge is -2.10. The van der Waals surface area contributed by atoms with Gasteiger partial charge in [-0.3, -0.25) is 9.36 Å². The lowest BCUT2D eigenvalue weighted by atomic mass is 10.2. The molecule has 9 heteroatoms. The third-order valence-corrected chi connectivity index (χ3v) is 5.78. The van der Waals surface area contributed by atoms with E-state index >= 15 is 0 Å². The fourth-order valence-electron chi connectivity index (χ4n) is 3.17. The van der Waals surface area contributed by atoms with Crippen LogP contribution in [0.4, 0.5) is 5.82 Å². The Morgan fingerprint density at radius 3 is 2.62 bits per heavy atom. The first-order chi connectivity index (χ1) is 15.5. The summed E-state index contributed by atoms with van der Waals surface area (Å²) < 4.78 is 3.64. The summed E-state index contributed by atoms with van der Waals surface area (Å²) in [6.07, 6.45) is 1.77. The van der Waals surface area contributed by atoms with Crippen LogP contribution in [0.5, 0.6) is 0 Å². The number of anilines is 1. The summed E-state index contributed by atoms with van der Waals surface area (Å²) >= 11 is 7.31. The quantitative estimate of drug-likeness (QED) is 0.293. The van der Waals surface area contributed by atoms with Gasteiger partial charge in [0, 0.05) is 23.2 Å². The number of aryl methyl sites for hydroxylation is 1. The molecule has 0 bridgehead atoms. The van der Waals surface area contributed by atoms with Crippen molar-refractivity contribution in [3.05, 3.63) is 84.0 Å². The van der Waals surface area contributed by atoms with Crippen LogP contribution in [0.3, 0.4) is 0 Å². The summed E-state index contributed by atoms with van der Waals surface area (Å²) in [7, 11) is 0. The largest absolute Gasteiger partial charge is 0.310 e. The highest BCUT2D eigenvalue weighted by molar-refractivity contribution is 7.99. The van der Waals surface area contributed by atoms with Gasteiger partial charge in [-0.1, -0.05) is 47.6 Å². The minimum Gasteiger partial charge on any atom is -0.310 e. The molecule has 0 saturated heterocycles. The molecule has 0 fully saturated rings. The van der Waals surface area contributed by atoms with Crippen molar-refractivity contribution in [3.8, 4) is 17.1 Å². The fourth-order valence-corrected chi connectivity index (χ4v) is 4.04. The van der Waals surface area contributed by atoms with Gasteiger partial charge in [-0.2, -0.15) is 5.10 Å². The Morgan fingerprint density at radius 2 is 1.91 bits per heavy atom. The summed E-state index contributed by atoms with van der Waals surface area (Å²) in [4.78, 5) is 12.7. The number of rotatable bonds is 8. The normalized spacial score (nSPS) is 10.8. The Morgan fingerprint density at radius 1 is 1.16 bits per heavy atom. The van der Waals surface area contributed by atoms with E-state index in [-0.39, 0.29) is 11.7 Å². The van der Waals surface area contributed by atoms with E-state index in [1.807, 2.05) is 72.2 Å². The highest BCUT2D eigenvalue weighted by Crippen LogP contribution is 2.25. The molecule has 0 saturated carbocycles. The number of nitrogens with one attached hydrogen (secondary N) is 1. The molecule has 0 aliphatic rings. The molecule has 2 heterocycles. The van der Waals surface area contributed by atoms with E-state index < -0.39 is 0 Å². The second-order valence-electron chi connectivity index (χ2n) is 6.97. The van der Waals surface area contributed by atoms with E-state index in [1.165, 1.54) is 11.8 Å². The maximum Gasteiger partial charge on any atom is 0.236 e. The number of amides is 1. The second-order valence-corrected chi connectivity index (χ2v) is 8.35. The van der Waals surface area contributed by atoms with Crippen LogP contribution in [-0.4, -0.2) is 36.2 Å². The van der Waals surface area contributed by atoms with Crippen molar-refractivity contribution in [2.75, 3.05) is 11.1 Å². The fraction of sp³-hybridized carbons (Fsp3) is 0.130. The van der Waals surface area contributed by atoms with Crippen molar-refractivity contribution in [3.63, 3.8) is 0 Å². The van der Waals surface area contributed by atoms with Crippen LogP contribution in [-0.2, 0) is 11.3 Å². The molecular formula is C23H21ClN6OS. The SMILES string of the molecule is C=CCn1c(SCC(=O)Nc2cc(C)nn2-c2ccccc2)nnc1-c1ccc(Cl)cc1. The van der Waals surface area contributed by atoms with Crippen LogP contribution in [0, 0.1) is 6.92 Å². The first-order valence-electron chi connectivity index (χ1n) is 9.90. The number of carbonyl (C=O) groups is 1. The van der Waals surface area contributed by atoms with Gasteiger partial charge >= 0.3 is 0 Å². The van der Waals surface area contributed by atoms with Crippen molar-refractivity contribution < 1.29 is 4.79 Å². The molecule has 162 valence electrons. The first kappa shape index (κ1) is 21.9. The van der Waals surface area contributed by atoms with Gasteiger partial charge < -0.3 is 5.32 Å². The molecule has 4 rings (SSSR count). The molecule has 4 aromatic rings. The number of carbonyl (C=O) groups excluding carboxylic acids is 1. The molecule has 1 N–H and O–H groups in total. The smallest absolute Gasteiger partial charge is 0.236 e. The molecule has 7 nitrogen and oxygen atoms in total. The van der Waals surface area contributed by atoms with Crippen LogP contribution in [0.1, 0.15) is 5.69 Å². The molecule has 2 aromatic carbocycles. The Balaban J connectivity index is 1.48.